The predicted molar refractivity (Wildman–Crippen MR) is 123 cm³/mol. The Kier molecular flexibility index (Phi) is 7.37. The van der Waals surface area contributed by atoms with E-state index in [4.69, 9.17) is 4.74 Å². The van der Waals surface area contributed by atoms with Crippen molar-refractivity contribution in [1.29, 1.82) is 0 Å². The SMILES string of the molecule is C/C=C(/C(=O)Oc1ccccc1)C(NS(=O)(=O)c1ccc(C)cc1)c1cccc([N+](=O)[O-])c1. The number of rotatable bonds is 8. The number of nitrogens with one attached hydrogen (secondary N) is 1. The number of carbonyl (C=O) groups excluding carboxylic acids is 1. The number of benzene rings is 3. The van der Waals surface area contributed by atoms with Crippen LogP contribution in [0.4, 0.5) is 5.69 Å². The topological polar surface area (TPSA) is 116 Å². The Bertz CT molecular complexity index is 1290. The molecule has 0 aliphatic rings. The lowest BCUT2D eigenvalue weighted by atomic mass is 9.99. The van der Waals surface area contributed by atoms with Gasteiger partial charge < -0.3 is 4.74 Å². The van der Waals surface area contributed by atoms with Crippen molar-refractivity contribution in [2.24, 2.45) is 0 Å². The number of esters is 1. The first-order valence-electron chi connectivity index (χ1n) is 9.98. The Morgan fingerprint density at radius 3 is 2.30 bits per heavy atom. The predicted octanol–water partition coefficient (Wildman–Crippen LogP) is 4.47. The lowest BCUT2D eigenvalue weighted by Crippen LogP contribution is -2.33. The highest BCUT2D eigenvalue weighted by atomic mass is 32.2. The fourth-order valence-corrected chi connectivity index (χ4v) is 4.33. The van der Waals surface area contributed by atoms with Gasteiger partial charge in [-0.2, -0.15) is 4.72 Å². The van der Waals surface area contributed by atoms with Crippen molar-refractivity contribution < 1.29 is 22.9 Å². The second kappa shape index (κ2) is 10.2. The normalized spacial score (nSPS) is 12.7. The monoisotopic (exact) mass is 466 g/mol. The zero-order valence-electron chi connectivity index (χ0n) is 18.0. The van der Waals surface area contributed by atoms with E-state index < -0.39 is 27.0 Å². The van der Waals surface area contributed by atoms with Crippen LogP contribution < -0.4 is 9.46 Å². The Morgan fingerprint density at radius 1 is 1.03 bits per heavy atom. The van der Waals surface area contributed by atoms with Gasteiger partial charge in [0.2, 0.25) is 10.0 Å². The number of ether oxygens (including phenoxy) is 1. The highest BCUT2D eigenvalue weighted by molar-refractivity contribution is 7.89. The van der Waals surface area contributed by atoms with Gasteiger partial charge in [-0.25, -0.2) is 13.2 Å². The second-order valence-electron chi connectivity index (χ2n) is 7.17. The molecule has 3 aromatic carbocycles. The van der Waals surface area contributed by atoms with Crippen LogP contribution in [0.25, 0.3) is 0 Å². The van der Waals surface area contributed by atoms with Crippen molar-refractivity contribution in [2.45, 2.75) is 24.8 Å². The molecule has 0 bridgehead atoms. The van der Waals surface area contributed by atoms with Gasteiger partial charge in [0, 0.05) is 12.1 Å². The third kappa shape index (κ3) is 5.91. The molecule has 0 amide bonds. The maximum Gasteiger partial charge on any atom is 0.341 e. The van der Waals surface area contributed by atoms with Crippen LogP contribution in [0.1, 0.15) is 24.1 Å². The number of aryl methyl sites for hydroxylation is 1. The summed E-state index contributed by atoms with van der Waals surface area (Å²) in [5, 5.41) is 11.3. The lowest BCUT2D eigenvalue weighted by Gasteiger charge is -2.21. The van der Waals surface area contributed by atoms with E-state index in [2.05, 4.69) is 4.72 Å². The van der Waals surface area contributed by atoms with Gasteiger partial charge in [-0.15, -0.1) is 0 Å². The molecule has 0 aromatic heterocycles. The fraction of sp³-hybridized carbons (Fsp3) is 0.125. The van der Waals surface area contributed by atoms with E-state index in [-0.39, 0.29) is 27.5 Å². The molecule has 0 saturated carbocycles. The molecule has 1 atom stereocenters. The Hall–Kier alpha value is -3.82. The van der Waals surface area contributed by atoms with Crippen molar-refractivity contribution in [2.75, 3.05) is 0 Å². The molecule has 170 valence electrons. The smallest absolute Gasteiger partial charge is 0.341 e. The minimum atomic E-state index is -4.09. The van der Waals surface area contributed by atoms with Crippen molar-refractivity contribution in [3.05, 3.63) is 112 Å². The Morgan fingerprint density at radius 2 is 1.70 bits per heavy atom. The van der Waals surface area contributed by atoms with E-state index in [1.165, 1.54) is 42.5 Å². The molecule has 0 aliphatic heterocycles. The van der Waals surface area contributed by atoms with E-state index in [0.29, 0.717) is 0 Å². The summed E-state index contributed by atoms with van der Waals surface area (Å²) in [6.07, 6.45) is 1.42. The average molecular weight is 467 g/mol. The van der Waals surface area contributed by atoms with Crippen molar-refractivity contribution in [1.82, 2.24) is 4.72 Å². The van der Waals surface area contributed by atoms with Crippen LogP contribution in [0.3, 0.4) is 0 Å². The van der Waals surface area contributed by atoms with E-state index >= 15 is 0 Å². The van der Waals surface area contributed by atoms with E-state index in [0.717, 1.165) is 5.56 Å². The molecule has 8 nitrogen and oxygen atoms in total. The number of nitrogens with zero attached hydrogens (tertiary/aromatic N) is 1. The number of nitro groups is 1. The molecule has 1 unspecified atom stereocenters. The van der Waals surface area contributed by atoms with Crippen molar-refractivity contribution >= 4 is 21.7 Å². The van der Waals surface area contributed by atoms with Crippen LogP contribution in [0.5, 0.6) is 5.75 Å². The maximum atomic E-state index is 13.1. The molecule has 0 spiro atoms. The number of sulfonamides is 1. The van der Waals surface area contributed by atoms with E-state index in [1.54, 1.807) is 49.4 Å². The van der Waals surface area contributed by atoms with Crippen LogP contribution in [0, 0.1) is 17.0 Å². The lowest BCUT2D eigenvalue weighted by molar-refractivity contribution is -0.384. The average Bonchev–Trinajstić information content (AvgIpc) is 2.80. The number of nitro benzene ring substituents is 1. The van der Waals surface area contributed by atoms with Crippen LogP contribution in [-0.4, -0.2) is 19.3 Å². The van der Waals surface area contributed by atoms with Crippen LogP contribution in [0.2, 0.25) is 0 Å². The maximum absolute atomic E-state index is 13.1. The van der Waals surface area contributed by atoms with Gasteiger partial charge in [0.15, 0.2) is 0 Å². The standard InChI is InChI=1S/C24H22N2O6S/c1-3-22(24(27)32-20-10-5-4-6-11-20)23(18-8-7-9-19(16-18)26(28)29)25-33(30,31)21-14-12-17(2)13-15-21/h3-16,23,25H,1-2H3/b22-3+. The molecule has 0 aliphatic carbocycles. The van der Waals surface area contributed by atoms with E-state index in [1.807, 2.05) is 6.92 Å². The fourth-order valence-electron chi connectivity index (χ4n) is 3.13. The first-order chi connectivity index (χ1) is 15.7. The Labute approximate surface area is 191 Å². The van der Waals surface area contributed by atoms with Gasteiger partial charge in [-0.05, 0) is 43.7 Å². The van der Waals surface area contributed by atoms with E-state index in [9.17, 15) is 23.3 Å². The zero-order chi connectivity index (χ0) is 24.0. The van der Waals surface area contributed by atoms with Crippen molar-refractivity contribution in [3.8, 4) is 5.75 Å². The zero-order valence-corrected chi connectivity index (χ0v) is 18.8. The molecule has 0 saturated heterocycles. The van der Waals surface area contributed by atoms with Gasteiger partial charge in [0.25, 0.3) is 5.69 Å². The largest absolute Gasteiger partial charge is 0.423 e. The number of carbonyl (C=O) groups is 1. The van der Waals surface area contributed by atoms with Crippen LogP contribution >= 0.6 is 0 Å². The summed E-state index contributed by atoms with van der Waals surface area (Å²) >= 11 is 0. The summed E-state index contributed by atoms with van der Waals surface area (Å²) in [6, 6.07) is 18.7. The van der Waals surface area contributed by atoms with Gasteiger partial charge in [-0.3, -0.25) is 10.1 Å². The highest BCUT2D eigenvalue weighted by Gasteiger charge is 2.30. The van der Waals surface area contributed by atoms with Gasteiger partial charge in [-0.1, -0.05) is 54.1 Å². The quantitative estimate of drug-likeness (QED) is 0.172. The summed E-state index contributed by atoms with van der Waals surface area (Å²) in [5.41, 5.74) is 0.844. The number of para-hydroxylation sites is 1. The van der Waals surface area contributed by atoms with Crippen molar-refractivity contribution in [3.63, 3.8) is 0 Å². The molecule has 0 radical (unpaired) electrons. The third-order valence-electron chi connectivity index (χ3n) is 4.83. The molecule has 33 heavy (non-hydrogen) atoms. The second-order valence-corrected chi connectivity index (χ2v) is 8.88. The summed E-state index contributed by atoms with van der Waals surface area (Å²) in [6.45, 7) is 3.39. The molecule has 0 heterocycles. The minimum absolute atomic E-state index is 0.00425. The van der Waals surface area contributed by atoms with Gasteiger partial charge in [0.1, 0.15) is 5.75 Å². The highest BCUT2D eigenvalue weighted by Crippen LogP contribution is 2.29. The molecular formula is C24H22N2O6S. The van der Waals surface area contributed by atoms with Crippen LogP contribution in [-0.2, 0) is 14.8 Å². The minimum Gasteiger partial charge on any atom is -0.423 e. The Balaban J connectivity index is 2.04. The number of hydrogen-bond donors (Lipinski definition) is 1. The summed E-state index contributed by atoms with van der Waals surface area (Å²) in [4.78, 5) is 23.7. The number of allylic oxidation sites excluding steroid dienone is 1. The molecule has 0 fully saturated rings. The first kappa shape index (κ1) is 23.8. The molecule has 3 rings (SSSR count). The third-order valence-corrected chi connectivity index (χ3v) is 6.27. The number of hydrogen-bond acceptors (Lipinski definition) is 6. The number of non-ortho nitro benzene ring substituents is 1. The molecule has 3 aromatic rings. The summed E-state index contributed by atoms with van der Waals surface area (Å²) in [5.74, 6) is -0.507. The van der Waals surface area contributed by atoms with Gasteiger partial charge in [0.05, 0.1) is 21.4 Å². The molecular weight excluding hydrogens is 444 g/mol. The summed E-state index contributed by atoms with van der Waals surface area (Å²) < 4.78 is 34.2. The molecule has 9 heteroatoms. The molecule has 1 N–H and O–H groups in total. The van der Waals surface area contributed by atoms with Gasteiger partial charge >= 0.3 is 5.97 Å². The summed E-state index contributed by atoms with van der Waals surface area (Å²) in [7, 11) is -4.09. The first-order valence-corrected chi connectivity index (χ1v) is 11.5. The van der Waals surface area contributed by atoms with Crippen LogP contribution in [0.15, 0.2) is 95.4 Å².